The molecule has 0 spiro atoms. The molecule has 0 fully saturated rings. The van der Waals surface area contributed by atoms with Crippen LogP contribution < -0.4 is 15.3 Å². The van der Waals surface area contributed by atoms with E-state index in [4.69, 9.17) is 9.15 Å². The zero-order chi connectivity index (χ0) is 19.0. The van der Waals surface area contributed by atoms with Crippen LogP contribution in [0.1, 0.15) is 35.6 Å². The predicted octanol–water partition coefficient (Wildman–Crippen LogP) is 3.13. The van der Waals surface area contributed by atoms with Gasteiger partial charge < -0.3 is 9.15 Å². The third-order valence-corrected chi connectivity index (χ3v) is 5.16. The van der Waals surface area contributed by atoms with Gasteiger partial charge in [-0.25, -0.2) is 9.18 Å². The van der Waals surface area contributed by atoms with E-state index < -0.39 is 0 Å². The molecule has 2 heterocycles. The number of benzene rings is 2. The van der Waals surface area contributed by atoms with Crippen molar-refractivity contribution in [3.05, 3.63) is 74.9 Å². The monoisotopic (exact) mass is 368 g/mol. The van der Waals surface area contributed by atoms with Gasteiger partial charge in [0.05, 0.1) is 0 Å². The summed E-state index contributed by atoms with van der Waals surface area (Å²) < 4.78 is 25.5. The van der Waals surface area contributed by atoms with Crippen LogP contribution in [0.2, 0.25) is 0 Å². The summed E-state index contributed by atoms with van der Waals surface area (Å²) in [5, 5.41) is 0.975. The summed E-state index contributed by atoms with van der Waals surface area (Å²) in [5.41, 5.74) is 3.93. The SMILES string of the molecule is CCCc1cc(=O)oc2c(C)c3c(cc12)C[NH+](Cc1ccccc1F)CO3. The highest BCUT2D eigenvalue weighted by Crippen LogP contribution is 2.33. The summed E-state index contributed by atoms with van der Waals surface area (Å²) >= 11 is 0. The van der Waals surface area contributed by atoms with Crippen LogP contribution in [0.3, 0.4) is 0 Å². The topological polar surface area (TPSA) is 43.9 Å². The third-order valence-electron chi connectivity index (χ3n) is 5.16. The molecule has 0 radical (unpaired) electrons. The second kappa shape index (κ2) is 7.16. The minimum absolute atomic E-state index is 0.183. The highest BCUT2D eigenvalue weighted by Gasteiger charge is 2.26. The molecular weight excluding hydrogens is 345 g/mol. The van der Waals surface area contributed by atoms with Gasteiger partial charge in [-0.2, -0.15) is 0 Å². The van der Waals surface area contributed by atoms with Crippen molar-refractivity contribution in [2.45, 2.75) is 39.8 Å². The van der Waals surface area contributed by atoms with Crippen LogP contribution in [0, 0.1) is 12.7 Å². The normalized spacial score (nSPS) is 16.2. The number of fused-ring (bicyclic) bond motifs is 2. The summed E-state index contributed by atoms with van der Waals surface area (Å²) in [6.45, 7) is 5.78. The fourth-order valence-electron chi connectivity index (χ4n) is 3.90. The lowest BCUT2D eigenvalue weighted by Crippen LogP contribution is -3.11. The van der Waals surface area contributed by atoms with Gasteiger partial charge in [0.2, 0.25) is 6.73 Å². The van der Waals surface area contributed by atoms with Crippen molar-refractivity contribution in [2.24, 2.45) is 0 Å². The number of nitrogens with one attached hydrogen (secondary N) is 1. The van der Waals surface area contributed by atoms with Crippen molar-refractivity contribution in [1.29, 1.82) is 0 Å². The molecule has 1 aliphatic heterocycles. The molecule has 27 heavy (non-hydrogen) atoms. The largest absolute Gasteiger partial charge is 0.444 e. The summed E-state index contributed by atoms with van der Waals surface area (Å²) in [4.78, 5) is 13.1. The van der Waals surface area contributed by atoms with Gasteiger partial charge in [0.15, 0.2) is 0 Å². The summed E-state index contributed by atoms with van der Waals surface area (Å²) in [6.07, 6.45) is 1.78. The average Bonchev–Trinajstić information content (AvgIpc) is 2.65. The molecule has 1 N–H and O–H groups in total. The molecule has 3 aromatic rings. The van der Waals surface area contributed by atoms with E-state index in [1.807, 2.05) is 19.1 Å². The second-order valence-corrected chi connectivity index (χ2v) is 7.19. The molecule has 1 aromatic heterocycles. The number of quaternary nitrogens is 1. The minimum Gasteiger partial charge on any atom is -0.444 e. The Morgan fingerprint density at radius 1 is 1.19 bits per heavy atom. The zero-order valence-corrected chi connectivity index (χ0v) is 15.6. The predicted molar refractivity (Wildman–Crippen MR) is 101 cm³/mol. The van der Waals surface area contributed by atoms with Crippen molar-refractivity contribution < 1.29 is 18.4 Å². The Balaban J connectivity index is 1.72. The number of hydrogen-bond donors (Lipinski definition) is 1. The molecule has 0 saturated heterocycles. The van der Waals surface area contributed by atoms with E-state index in [9.17, 15) is 9.18 Å². The van der Waals surface area contributed by atoms with Crippen molar-refractivity contribution >= 4 is 11.0 Å². The van der Waals surface area contributed by atoms with Crippen LogP contribution in [0.15, 0.2) is 45.6 Å². The molecule has 0 saturated carbocycles. The summed E-state index contributed by atoms with van der Waals surface area (Å²) in [7, 11) is 0. The van der Waals surface area contributed by atoms with Gasteiger partial charge in [0.25, 0.3) is 0 Å². The Morgan fingerprint density at radius 2 is 2.00 bits per heavy atom. The van der Waals surface area contributed by atoms with Gasteiger partial charge in [-0.1, -0.05) is 31.5 Å². The fourth-order valence-corrected chi connectivity index (χ4v) is 3.90. The van der Waals surface area contributed by atoms with E-state index in [-0.39, 0.29) is 11.4 Å². The van der Waals surface area contributed by atoms with Crippen molar-refractivity contribution in [3.8, 4) is 5.75 Å². The molecule has 1 aliphatic rings. The van der Waals surface area contributed by atoms with Crippen LogP contribution >= 0.6 is 0 Å². The Labute approximate surface area is 157 Å². The second-order valence-electron chi connectivity index (χ2n) is 7.19. The molecule has 4 rings (SSSR count). The lowest BCUT2D eigenvalue weighted by atomic mass is 9.98. The van der Waals surface area contributed by atoms with Gasteiger partial charge in [0.1, 0.15) is 30.2 Å². The summed E-state index contributed by atoms with van der Waals surface area (Å²) in [6, 6.07) is 10.5. The van der Waals surface area contributed by atoms with Crippen molar-refractivity contribution in [1.82, 2.24) is 0 Å². The molecule has 5 heteroatoms. The van der Waals surface area contributed by atoms with E-state index in [2.05, 4.69) is 13.0 Å². The molecule has 0 bridgehead atoms. The first-order valence-electron chi connectivity index (χ1n) is 9.35. The van der Waals surface area contributed by atoms with Crippen molar-refractivity contribution in [2.75, 3.05) is 6.73 Å². The number of hydrogen-bond acceptors (Lipinski definition) is 3. The third kappa shape index (κ3) is 3.35. The highest BCUT2D eigenvalue weighted by atomic mass is 19.1. The lowest BCUT2D eigenvalue weighted by Gasteiger charge is -2.28. The summed E-state index contributed by atoms with van der Waals surface area (Å²) in [5.74, 6) is 0.606. The van der Waals surface area contributed by atoms with Gasteiger partial charge in [0, 0.05) is 28.1 Å². The molecule has 0 amide bonds. The first-order valence-corrected chi connectivity index (χ1v) is 9.35. The first kappa shape index (κ1) is 17.7. The molecular formula is C22H23FNO3+. The van der Waals surface area contributed by atoms with Crippen LogP contribution in [0.5, 0.6) is 5.75 Å². The number of ether oxygens (including phenoxy) is 1. The van der Waals surface area contributed by atoms with Gasteiger partial charge >= 0.3 is 5.63 Å². The smallest absolute Gasteiger partial charge is 0.336 e. The van der Waals surface area contributed by atoms with E-state index >= 15 is 0 Å². The first-order chi connectivity index (χ1) is 13.1. The highest BCUT2D eigenvalue weighted by molar-refractivity contribution is 5.86. The maximum absolute atomic E-state index is 14.0. The Morgan fingerprint density at radius 3 is 2.78 bits per heavy atom. The van der Waals surface area contributed by atoms with Crippen LogP contribution in [-0.2, 0) is 19.5 Å². The molecule has 140 valence electrons. The van der Waals surface area contributed by atoms with E-state index in [1.54, 1.807) is 12.1 Å². The quantitative estimate of drug-likeness (QED) is 0.720. The minimum atomic E-state index is -0.323. The van der Waals surface area contributed by atoms with Crippen LogP contribution in [0.25, 0.3) is 11.0 Å². The number of halogens is 1. The van der Waals surface area contributed by atoms with E-state index in [0.717, 1.165) is 52.1 Å². The standard InChI is InChI=1S/C22H22FNO3/c1-3-6-15-10-20(25)27-22-14(2)21-17(9-18(15)22)12-24(13-26-21)11-16-7-4-5-8-19(16)23/h4-5,7-10H,3,6,11-13H2,1-2H3/p+1. The average molecular weight is 368 g/mol. The van der Waals surface area contributed by atoms with Crippen LogP contribution in [-0.4, -0.2) is 6.73 Å². The van der Waals surface area contributed by atoms with Crippen LogP contribution in [0.4, 0.5) is 4.39 Å². The Bertz CT molecular complexity index is 1060. The van der Waals surface area contributed by atoms with Gasteiger partial charge in [-0.05, 0) is 31.0 Å². The number of rotatable bonds is 4. The van der Waals surface area contributed by atoms with E-state index in [0.29, 0.717) is 24.4 Å². The number of aryl methyl sites for hydroxylation is 2. The Kier molecular flexibility index (Phi) is 4.70. The Hall–Kier alpha value is -2.66. The molecule has 1 unspecified atom stereocenters. The maximum Gasteiger partial charge on any atom is 0.336 e. The molecule has 2 aromatic carbocycles. The molecule has 0 aliphatic carbocycles. The van der Waals surface area contributed by atoms with Gasteiger partial charge in [-0.15, -0.1) is 0 Å². The molecule has 4 nitrogen and oxygen atoms in total. The van der Waals surface area contributed by atoms with E-state index in [1.165, 1.54) is 6.07 Å². The zero-order valence-electron chi connectivity index (χ0n) is 15.6. The fraction of sp³-hybridized carbons (Fsp3) is 0.318. The lowest BCUT2D eigenvalue weighted by molar-refractivity contribution is -0.945. The molecule has 1 atom stereocenters. The van der Waals surface area contributed by atoms with Gasteiger partial charge in [-0.3, -0.25) is 4.90 Å². The van der Waals surface area contributed by atoms with Crippen molar-refractivity contribution in [3.63, 3.8) is 0 Å². The maximum atomic E-state index is 14.0.